The van der Waals surface area contributed by atoms with Crippen LogP contribution in [0.3, 0.4) is 0 Å². The van der Waals surface area contributed by atoms with Gasteiger partial charge in [0.1, 0.15) is 0 Å². The first-order valence-electron chi connectivity index (χ1n) is 7.05. The molecule has 94 valence electrons. The number of piperidine rings is 1. The molecule has 1 fully saturated rings. The van der Waals surface area contributed by atoms with Gasteiger partial charge >= 0.3 is 0 Å². The SMILES string of the molecule is [NH3+]CCC[NH+]1CCC(Cc2ccccc2)CC1. The summed E-state index contributed by atoms with van der Waals surface area (Å²) >= 11 is 0. The molecule has 1 heterocycles. The van der Waals surface area contributed by atoms with E-state index >= 15 is 0 Å². The van der Waals surface area contributed by atoms with E-state index in [1.807, 2.05) is 0 Å². The fraction of sp³-hybridized carbons (Fsp3) is 0.600. The smallest absolute Gasteiger partial charge is 0.0825 e. The van der Waals surface area contributed by atoms with Gasteiger partial charge in [-0.15, -0.1) is 0 Å². The lowest BCUT2D eigenvalue weighted by molar-refractivity contribution is -0.906. The number of rotatable bonds is 5. The third-order valence-electron chi connectivity index (χ3n) is 3.96. The Kier molecular flexibility index (Phi) is 5.02. The predicted molar refractivity (Wildman–Crippen MR) is 70.8 cm³/mol. The van der Waals surface area contributed by atoms with E-state index in [4.69, 9.17) is 0 Å². The summed E-state index contributed by atoms with van der Waals surface area (Å²) < 4.78 is 0. The fourth-order valence-electron chi connectivity index (χ4n) is 2.86. The molecule has 0 radical (unpaired) electrons. The van der Waals surface area contributed by atoms with Gasteiger partial charge in [-0.25, -0.2) is 0 Å². The van der Waals surface area contributed by atoms with Crippen LogP contribution in [0.15, 0.2) is 30.3 Å². The maximum Gasteiger partial charge on any atom is 0.0825 e. The maximum atomic E-state index is 3.93. The second-order valence-electron chi connectivity index (χ2n) is 5.34. The van der Waals surface area contributed by atoms with Gasteiger partial charge in [-0.2, -0.15) is 0 Å². The van der Waals surface area contributed by atoms with Gasteiger partial charge < -0.3 is 10.6 Å². The van der Waals surface area contributed by atoms with Crippen molar-refractivity contribution in [1.82, 2.24) is 0 Å². The van der Waals surface area contributed by atoms with Crippen molar-refractivity contribution < 1.29 is 10.6 Å². The molecule has 2 nitrogen and oxygen atoms in total. The van der Waals surface area contributed by atoms with Crippen molar-refractivity contribution in [1.29, 1.82) is 0 Å². The molecule has 1 saturated heterocycles. The molecule has 4 N–H and O–H groups in total. The number of nitrogens with one attached hydrogen (secondary N) is 1. The Bertz CT molecular complexity index is 302. The highest BCUT2D eigenvalue weighted by Crippen LogP contribution is 2.16. The van der Waals surface area contributed by atoms with Gasteiger partial charge in [0.15, 0.2) is 0 Å². The quantitative estimate of drug-likeness (QED) is 0.727. The number of quaternary nitrogens is 2. The second-order valence-corrected chi connectivity index (χ2v) is 5.34. The van der Waals surface area contributed by atoms with Gasteiger partial charge in [0.25, 0.3) is 0 Å². The van der Waals surface area contributed by atoms with Crippen LogP contribution in [-0.4, -0.2) is 26.2 Å². The molecule has 0 atom stereocenters. The van der Waals surface area contributed by atoms with Crippen LogP contribution in [-0.2, 0) is 6.42 Å². The minimum Gasteiger partial charge on any atom is -0.357 e. The number of benzene rings is 1. The summed E-state index contributed by atoms with van der Waals surface area (Å²) in [6, 6.07) is 11.0. The Balaban J connectivity index is 1.72. The van der Waals surface area contributed by atoms with Gasteiger partial charge in [0.05, 0.1) is 26.2 Å². The highest BCUT2D eigenvalue weighted by Gasteiger charge is 2.21. The molecule has 17 heavy (non-hydrogen) atoms. The zero-order chi connectivity index (χ0) is 11.9. The standard InChI is InChI=1S/C15H24N2/c16-9-4-10-17-11-7-15(8-12-17)13-14-5-2-1-3-6-14/h1-3,5-6,15H,4,7-13,16H2/p+2. The molecule has 2 rings (SSSR count). The molecule has 2 heteroatoms. The Labute approximate surface area is 105 Å². The summed E-state index contributed by atoms with van der Waals surface area (Å²) in [5.41, 5.74) is 5.44. The number of hydrogen-bond acceptors (Lipinski definition) is 0. The molecular formula is C15H26N2+2. The molecule has 1 aliphatic heterocycles. The summed E-state index contributed by atoms with van der Waals surface area (Å²) in [6.45, 7) is 5.17. The van der Waals surface area contributed by atoms with Crippen molar-refractivity contribution in [2.45, 2.75) is 25.7 Å². The lowest BCUT2D eigenvalue weighted by Crippen LogP contribution is -3.13. The minimum absolute atomic E-state index is 0.918. The van der Waals surface area contributed by atoms with Crippen molar-refractivity contribution in [2.24, 2.45) is 5.92 Å². The maximum absolute atomic E-state index is 3.93. The monoisotopic (exact) mass is 234 g/mol. The van der Waals surface area contributed by atoms with Crippen molar-refractivity contribution in [3.63, 3.8) is 0 Å². The number of likely N-dealkylation sites (tertiary alicyclic amines) is 1. The van der Waals surface area contributed by atoms with Crippen LogP contribution >= 0.6 is 0 Å². The van der Waals surface area contributed by atoms with Gasteiger partial charge in [0.2, 0.25) is 0 Å². The normalized spacial score (nSPS) is 24.8. The van der Waals surface area contributed by atoms with E-state index in [-0.39, 0.29) is 0 Å². The van der Waals surface area contributed by atoms with Crippen LogP contribution in [0, 0.1) is 5.92 Å². The van der Waals surface area contributed by atoms with E-state index in [2.05, 4.69) is 36.1 Å². The predicted octanol–water partition coefficient (Wildman–Crippen LogP) is 0.156. The highest BCUT2D eigenvalue weighted by molar-refractivity contribution is 5.15. The molecule has 1 aromatic carbocycles. The molecule has 0 saturated carbocycles. The lowest BCUT2D eigenvalue weighted by Gasteiger charge is -2.29. The van der Waals surface area contributed by atoms with Gasteiger partial charge in [-0.3, -0.25) is 0 Å². The van der Waals surface area contributed by atoms with Gasteiger partial charge in [-0.05, 0) is 30.7 Å². The first-order valence-corrected chi connectivity index (χ1v) is 7.05. The molecule has 0 bridgehead atoms. The fourth-order valence-corrected chi connectivity index (χ4v) is 2.86. The van der Waals surface area contributed by atoms with E-state index in [1.165, 1.54) is 50.9 Å². The summed E-state index contributed by atoms with van der Waals surface area (Å²) in [5, 5.41) is 0. The average Bonchev–Trinajstić information content (AvgIpc) is 2.39. The molecule has 0 spiro atoms. The van der Waals surface area contributed by atoms with Crippen LogP contribution in [0.25, 0.3) is 0 Å². The van der Waals surface area contributed by atoms with E-state index in [0.717, 1.165) is 12.5 Å². The van der Waals surface area contributed by atoms with Crippen molar-refractivity contribution >= 4 is 0 Å². The summed E-state index contributed by atoms with van der Waals surface area (Å²) in [4.78, 5) is 1.80. The molecule has 1 aliphatic rings. The Morgan fingerprint density at radius 1 is 1.12 bits per heavy atom. The Hall–Kier alpha value is -0.860. The number of hydrogen-bond donors (Lipinski definition) is 2. The van der Waals surface area contributed by atoms with Crippen molar-refractivity contribution in [2.75, 3.05) is 26.2 Å². The third-order valence-corrected chi connectivity index (χ3v) is 3.96. The summed E-state index contributed by atoms with van der Waals surface area (Å²) in [5.74, 6) is 0.918. The molecule has 0 aromatic heterocycles. The van der Waals surface area contributed by atoms with Crippen LogP contribution in [0.1, 0.15) is 24.8 Å². The van der Waals surface area contributed by atoms with E-state index in [0.29, 0.717) is 0 Å². The summed E-state index contributed by atoms with van der Waals surface area (Å²) in [6.07, 6.45) is 5.38. The Morgan fingerprint density at radius 3 is 2.47 bits per heavy atom. The summed E-state index contributed by atoms with van der Waals surface area (Å²) in [7, 11) is 0. The topological polar surface area (TPSA) is 32.1 Å². The van der Waals surface area contributed by atoms with E-state index < -0.39 is 0 Å². The minimum atomic E-state index is 0.918. The zero-order valence-corrected chi connectivity index (χ0v) is 10.8. The highest BCUT2D eigenvalue weighted by atomic mass is 15.1. The molecule has 1 aromatic rings. The van der Waals surface area contributed by atoms with Crippen molar-refractivity contribution in [3.8, 4) is 0 Å². The van der Waals surface area contributed by atoms with Gasteiger partial charge in [-0.1, -0.05) is 30.3 Å². The van der Waals surface area contributed by atoms with E-state index in [1.54, 1.807) is 4.90 Å². The van der Waals surface area contributed by atoms with Crippen LogP contribution in [0.5, 0.6) is 0 Å². The van der Waals surface area contributed by atoms with Crippen LogP contribution in [0.4, 0.5) is 0 Å². The molecule has 0 amide bonds. The van der Waals surface area contributed by atoms with E-state index in [9.17, 15) is 0 Å². The first kappa shape index (κ1) is 12.6. The molecule has 0 unspecified atom stereocenters. The lowest BCUT2D eigenvalue weighted by atomic mass is 9.90. The largest absolute Gasteiger partial charge is 0.357 e. The first-order chi connectivity index (χ1) is 8.38. The van der Waals surface area contributed by atoms with Gasteiger partial charge in [0, 0.05) is 6.42 Å². The third kappa shape index (κ3) is 4.14. The second kappa shape index (κ2) is 6.77. The molecular weight excluding hydrogens is 208 g/mol. The van der Waals surface area contributed by atoms with Crippen LogP contribution < -0.4 is 10.6 Å². The molecule has 0 aliphatic carbocycles. The average molecular weight is 234 g/mol. The van der Waals surface area contributed by atoms with Crippen molar-refractivity contribution in [3.05, 3.63) is 35.9 Å². The zero-order valence-electron chi connectivity index (χ0n) is 10.8. The van der Waals surface area contributed by atoms with Crippen LogP contribution in [0.2, 0.25) is 0 Å². The Morgan fingerprint density at radius 2 is 1.82 bits per heavy atom.